The van der Waals surface area contributed by atoms with E-state index in [1.54, 1.807) is 24.3 Å². The molecule has 0 saturated heterocycles. The number of anilines is 1. The highest BCUT2D eigenvalue weighted by atomic mass is 35.5. The fourth-order valence-corrected chi connectivity index (χ4v) is 3.55. The third-order valence-electron chi connectivity index (χ3n) is 4.83. The van der Waals surface area contributed by atoms with Crippen molar-refractivity contribution in [3.63, 3.8) is 0 Å². The summed E-state index contributed by atoms with van der Waals surface area (Å²) in [7, 11) is 2.84. The number of nitro benzene ring substituents is 1. The second-order valence-corrected chi connectivity index (χ2v) is 6.97. The lowest BCUT2D eigenvalue weighted by Gasteiger charge is -2.21. The molecule has 9 nitrogen and oxygen atoms in total. The molecule has 29 heavy (non-hydrogen) atoms. The van der Waals surface area contributed by atoms with Crippen LogP contribution in [0.4, 0.5) is 11.4 Å². The Morgan fingerprint density at radius 2 is 1.86 bits per heavy atom. The minimum absolute atomic E-state index is 0.0446. The molecule has 1 N–H and O–H groups in total. The Balaban J connectivity index is 2.08. The molecule has 2 aromatic carbocycles. The van der Waals surface area contributed by atoms with E-state index in [0.717, 1.165) is 4.57 Å². The molecule has 0 saturated carbocycles. The normalized spacial score (nSPS) is 14.8. The number of para-hydroxylation sites is 2. The monoisotopic (exact) mass is 414 g/mol. The van der Waals surface area contributed by atoms with Gasteiger partial charge < -0.3 is 10.1 Å². The van der Waals surface area contributed by atoms with Crippen molar-refractivity contribution >= 4 is 23.0 Å². The zero-order valence-corrected chi connectivity index (χ0v) is 16.1. The van der Waals surface area contributed by atoms with E-state index in [0.29, 0.717) is 17.0 Å². The molecule has 3 aromatic rings. The number of nitro groups is 1. The van der Waals surface area contributed by atoms with Crippen LogP contribution >= 0.6 is 11.6 Å². The average Bonchev–Trinajstić information content (AvgIpc) is 2.88. The number of benzene rings is 2. The Morgan fingerprint density at radius 3 is 2.59 bits per heavy atom. The summed E-state index contributed by atoms with van der Waals surface area (Å²) < 4.78 is 8.11. The van der Waals surface area contributed by atoms with E-state index in [2.05, 4.69) is 5.32 Å². The molecule has 0 amide bonds. The molecule has 4 rings (SSSR count). The van der Waals surface area contributed by atoms with Crippen LogP contribution in [-0.2, 0) is 14.1 Å². The highest BCUT2D eigenvalue weighted by Gasteiger charge is 2.32. The molecule has 148 valence electrons. The molecule has 0 aliphatic carbocycles. The highest BCUT2D eigenvalue weighted by Crippen LogP contribution is 2.42. The molecule has 2 heterocycles. The van der Waals surface area contributed by atoms with Gasteiger partial charge in [-0.25, -0.2) is 4.79 Å². The Hall–Kier alpha value is -3.59. The molecule has 1 atom stereocenters. The van der Waals surface area contributed by atoms with Gasteiger partial charge in [0, 0.05) is 36.8 Å². The second kappa shape index (κ2) is 6.78. The van der Waals surface area contributed by atoms with Crippen molar-refractivity contribution in [1.82, 2.24) is 9.13 Å². The zero-order chi connectivity index (χ0) is 20.9. The fraction of sp³-hybridized carbons (Fsp3) is 0.158. The van der Waals surface area contributed by atoms with Crippen molar-refractivity contribution in [1.29, 1.82) is 0 Å². The van der Waals surface area contributed by atoms with Crippen molar-refractivity contribution < 1.29 is 9.66 Å². The van der Waals surface area contributed by atoms with Crippen LogP contribution in [0.5, 0.6) is 11.6 Å². The summed E-state index contributed by atoms with van der Waals surface area (Å²) >= 11 is 6.36. The molecule has 0 bridgehead atoms. The van der Waals surface area contributed by atoms with Crippen LogP contribution in [0.2, 0.25) is 5.02 Å². The number of aromatic nitrogens is 2. The van der Waals surface area contributed by atoms with Crippen LogP contribution in [-0.4, -0.2) is 14.1 Å². The lowest BCUT2D eigenvalue weighted by atomic mass is 9.99. The highest BCUT2D eigenvalue weighted by molar-refractivity contribution is 6.31. The number of non-ortho nitro benzene ring substituents is 1. The van der Waals surface area contributed by atoms with Crippen LogP contribution in [0.25, 0.3) is 0 Å². The van der Waals surface area contributed by atoms with Gasteiger partial charge in [-0.1, -0.05) is 23.7 Å². The van der Waals surface area contributed by atoms with E-state index in [1.807, 2.05) is 0 Å². The fourth-order valence-electron chi connectivity index (χ4n) is 3.33. The number of nitrogens with zero attached hydrogens (tertiary/aromatic N) is 3. The van der Waals surface area contributed by atoms with Crippen LogP contribution in [0, 0.1) is 10.1 Å². The average molecular weight is 415 g/mol. The van der Waals surface area contributed by atoms with Crippen molar-refractivity contribution in [2.75, 3.05) is 5.32 Å². The topological polar surface area (TPSA) is 108 Å². The number of nitrogens with one attached hydrogen (secondary N) is 1. The number of hydrogen-bond acceptors (Lipinski definition) is 6. The van der Waals surface area contributed by atoms with E-state index in [9.17, 15) is 19.7 Å². The maximum Gasteiger partial charge on any atom is 0.333 e. The van der Waals surface area contributed by atoms with Gasteiger partial charge in [-0.15, -0.1) is 0 Å². The predicted octanol–water partition coefficient (Wildman–Crippen LogP) is 2.95. The molecule has 1 unspecified atom stereocenters. The molecule has 1 aliphatic heterocycles. The van der Waals surface area contributed by atoms with Gasteiger partial charge >= 0.3 is 5.69 Å². The molecule has 1 aromatic heterocycles. The van der Waals surface area contributed by atoms with E-state index in [1.165, 1.54) is 36.9 Å². The third kappa shape index (κ3) is 2.95. The minimum Gasteiger partial charge on any atom is -0.438 e. The smallest absolute Gasteiger partial charge is 0.333 e. The van der Waals surface area contributed by atoms with E-state index < -0.39 is 22.2 Å². The quantitative estimate of drug-likeness (QED) is 0.510. The molecule has 0 spiro atoms. The maximum atomic E-state index is 13.1. The summed E-state index contributed by atoms with van der Waals surface area (Å²) in [6.45, 7) is 0. The number of hydrogen-bond donors (Lipinski definition) is 1. The zero-order valence-electron chi connectivity index (χ0n) is 15.4. The van der Waals surface area contributed by atoms with Gasteiger partial charge in [-0.2, -0.15) is 0 Å². The summed E-state index contributed by atoms with van der Waals surface area (Å²) in [6.07, 6.45) is 0. The Morgan fingerprint density at radius 1 is 1.14 bits per heavy atom. The summed E-state index contributed by atoms with van der Waals surface area (Å²) in [5.41, 5.74) is -0.335. The molecule has 0 fully saturated rings. The van der Waals surface area contributed by atoms with Crippen molar-refractivity contribution in [2.45, 2.75) is 6.04 Å². The van der Waals surface area contributed by atoms with Crippen LogP contribution < -0.4 is 21.3 Å². The third-order valence-corrected chi connectivity index (χ3v) is 5.17. The summed E-state index contributed by atoms with van der Waals surface area (Å²) in [5.74, 6) is 0.448. The van der Waals surface area contributed by atoms with E-state index >= 15 is 0 Å². The first kappa shape index (κ1) is 18.8. The SMILES string of the molecule is Cn1c2c(c(=O)n(C)c1=O)C(c1cc([N+](=O)[O-])ccc1Cl)Nc1ccccc1O2. The number of rotatable bonds is 2. The largest absolute Gasteiger partial charge is 0.438 e. The summed E-state index contributed by atoms with van der Waals surface area (Å²) in [4.78, 5) is 36.3. The van der Waals surface area contributed by atoms with Gasteiger partial charge in [0.15, 0.2) is 5.75 Å². The van der Waals surface area contributed by atoms with Gasteiger partial charge in [0.05, 0.1) is 16.7 Å². The number of ether oxygens (including phenoxy) is 1. The van der Waals surface area contributed by atoms with Gasteiger partial charge in [-0.05, 0) is 18.2 Å². The first-order valence-electron chi connectivity index (χ1n) is 8.56. The first-order valence-corrected chi connectivity index (χ1v) is 8.94. The standard InChI is InChI=1S/C19H15ClN4O5/c1-22-17(25)15-16(11-9-10(24(27)28)7-8-12(11)20)21-13-5-3-4-6-14(13)29-18(15)23(2)19(22)26/h3-9,16,21H,1-2H3. The molecule has 10 heteroatoms. The maximum absolute atomic E-state index is 13.1. The van der Waals surface area contributed by atoms with Crippen LogP contribution in [0.1, 0.15) is 17.2 Å². The van der Waals surface area contributed by atoms with Crippen LogP contribution in [0.15, 0.2) is 52.1 Å². The Kier molecular flexibility index (Phi) is 4.39. The summed E-state index contributed by atoms with van der Waals surface area (Å²) in [6, 6.07) is 10.1. The number of fused-ring (bicyclic) bond motifs is 2. The van der Waals surface area contributed by atoms with Gasteiger partial charge in [0.2, 0.25) is 5.88 Å². The minimum atomic E-state index is -0.883. The van der Waals surface area contributed by atoms with Gasteiger partial charge in [0.25, 0.3) is 11.2 Å². The van der Waals surface area contributed by atoms with Gasteiger partial charge in [-0.3, -0.25) is 24.0 Å². The Labute approximate surface area is 168 Å². The Bertz CT molecular complexity index is 1280. The van der Waals surface area contributed by atoms with E-state index in [4.69, 9.17) is 16.3 Å². The van der Waals surface area contributed by atoms with Crippen molar-refractivity contribution in [3.05, 3.63) is 89.6 Å². The first-order chi connectivity index (χ1) is 13.8. The molecule has 0 radical (unpaired) electrons. The predicted molar refractivity (Wildman–Crippen MR) is 107 cm³/mol. The molecule has 1 aliphatic rings. The second-order valence-electron chi connectivity index (χ2n) is 6.56. The van der Waals surface area contributed by atoms with Crippen molar-refractivity contribution in [3.8, 4) is 11.6 Å². The lowest BCUT2D eigenvalue weighted by Crippen LogP contribution is -2.40. The number of halogens is 1. The molecular formula is C19H15ClN4O5. The lowest BCUT2D eigenvalue weighted by molar-refractivity contribution is -0.384. The van der Waals surface area contributed by atoms with Gasteiger partial charge in [0.1, 0.15) is 5.56 Å². The molecular weight excluding hydrogens is 400 g/mol. The summed E-state index contributed by atoms with van der Waals surface area (Å²) in [5, 5.41) is 14.7. The van der Waals surface area contributed by atoms with Crippen molar-refractivity contribution in [2.24, 2.45) is 14.1 Å². The van der Waals surface area contributed by atoms with E-state index in [-0.39, 0.29) is 22.2 Å². The van der Waals surface area contributed by atoms with Crippen LogP contribution in [0.3, 0.4) is 0 Å².